The van der Waals surface area contributed by atoms with Crippen LogP contribution in [0, 0.1) is 0 Å². The molecule has 0 saturated heterocycles. The number of pyridine rings is 2. The Hall–Kier alpha value is -4.48. The summed E-state index contributed by atoms with van der Waals surface area (Å²) in [7, 11) is 0. The van der Waals surface area contributed by atoms with Gasteiger partial charge in [-0.25, -0.2) is 0 Å². The van der Waals surface area contributed by atoms with E-state index >= 15 is 0 Å². The Morgan fingerprint density at radius 3 is 2.03 bits per heavy atom. The molecule has 0 N–H and O–H groups in total. The SMILES string of the molecule is Brc1ccc2c(ccn2-c2cccnc2)c1.c1ccc(-c2cc3ccccc3n2-c2cccnc2)cc1. The summed E-state index contributed by atoms with van der Waals surface area (Å²) in [6, 6.07) is 37.6. The molecule has 0 aliphatic heterocycles. The molecule has 37 heavy (non-hydrogen) atoms. The summed E-state index contributed by atoms with van der Waals surface area (Å²) in [5.41, 5.74) is 6.94. The van der Waals surface area contributed by atoms with Crippen LogP contribution in [0.1, 0.15) is 0 Å². The monoisotopic (exact) mass is 542 g/mol. The van der Waals surface area contributed by atoms with Crippen LogP contribution >= 0.6 is 15.9 Å². The normalized spacial score (nSPS) is 10.8. The highest BCUT2D eigenvalue weighted by Gasteiger charge is 2.11. The van der Waals surface area contributed by atoms with Crippen molar-refractivity contribution in [2.24, 2.45) is 0 Å². The average molecular weight is 543 g/mol. The maximum atomic E-state index is 4.26. The summed E-state index contributed by atoms with van der Waals surface area (Å²) in [5, 5.41) is 2.46. The number of benzene rings is 3. The minimum Gasteiger partial charge on any atom is -0.315 e. The van der Waals surface area contributed by atoms with Crippen LogP contribution in [0.3, 0.4) is 0 Å². The largest absolute Gasteiger partial charge is 0.315 e. The predicted molar refractivity (Wildman–Crippen MR) is 155 cm³/mol. The summed E-state index contributed by atoms with van der Waals surface area (Å²) < 4.78 is 5.50. The van der Waals surface area contributed by atoms with Gasteiger partial charge in [-0.2, -0.15) is 0 Å². The molecule has 178 valence electrons. The van der Waals surface area contributed by atoms with Crippen LogP contribution in [0.25, 0.3) is 44.4 Å². The predicted octanol–water partition coefficient (Wildman–Crippen LogP) is 8.48. The van der Waals surface area contributed by atoms with E-state index in [1.165, 1.54) is 33.1 Å². The summed E-state index contributed by atoms with van der Waals surface area (Å²) in [6.45, 7) is 0. The van der Waals surface area contributed by atoms with Crippen LogP contribution in [0.5, 0.6) is 0 Å². The number of halogens is 1. The van der Waals surface area contributed by atoms with Gasteiger partial charge in [0.25, 0.3) is 0 Å². The first-order valence-corrected chi connectivity index (χ1v) is 12.8. The quantitative estimate of drug-likeness (QED) is 0.224. The number of hydrogen-bond acceptors (Lipinski definition) is 2. The standard InChI is InChI=1S/C19H14N2.C13H9BrN2/c1-2-7-15(8-3-1)19-13-16-9-4-5-11-18(16)21(19)17-10-6-12-20-14-17;14-11-3-4-13-10(8-11)5-7-16(13)12-2-1-6-15-9-12/h1-14H;1-9H. The van der Waals surface area contributed by atoms with Gasteiger partial charge in [0.1, 0.15) is 0 Å². The molecule has 5 heteroatoms. The van der Waals surface area contributed by atoms with Gasteiger partial charge in [0.2, 0.25) is 0 Å². The lowest BCUT2D eigenvalue weighted by molar-refractivity contribution is 1.10. The molecule has 0 amide bonds. The van der Waals surface area contributed by atoms with Gasteiger partial charge < -0.3 is 9.13 Å². The molecule has 4 aromatic heterocycles. The number of aromatic nitrogens is 4. The second kappa shape index (κ2) is 10.2. The third-order valence-electron chi connectivity index (χ3n) is 6.26. The zero-order valence-corrected chi connectivity index (χ0v) is 21.5. The van der Waals surface area contributed by atoms with Crippen LogP contribution in [-0.2, 0) is 0 Å². The Labute approximate surface area is 223 Å². The van der Waals surface area contributed by atoms with Crippen molar-refractivity contribution in [2.45, 2.75) is 0 Å². The molecule has 0 unspecified atom stereocenters. The van der Waals surface area contributed by atoms with E-state index in [4.69, 9.17) is 0 Å². The molecule has 0 aliphatic carbocycles. The van der Waals surface area contributed by atoms with Gasteiger partial charge >= 0.3 is 0 Å². The fourth-order valence-corrected chi connectivity index (χ4v) is 4.95. The van der Waals surface area contributed by atoms with E-state index in [2.05, 4.69) is 132 Å². The molecule has 0 atom stereocenters. The maximum absolute atomic E-state index is 4.26. The molecule has 7 rings (SSSR count). The van der Waals surface area contributed by atoms with Crippen molar-refractivity contribution < 1.29 is 0 Å². The first-order chi connectivity index (χ1) is 18.3. The van der Waals surface area contributed by atoms with Crippen LogP contribution in [0.15, 0.2) is 145 Å². The molecule has 0 saturated carbocycles. The highest BCUT2D eigenvalue weighted by atomic mass is 79.9. The van der Waals surface area contributed by atoms with Gasteiger partial charge in [-0.3, -0.25) is 9.97 Å². The van der Waals surface area contributed by atoms with E-state index in [-0.39, 0.29) is 0 Å². The van der Waals surface area contributed by atoms with Crippen LogP contribution in [0.4, 0.5) is 0 Å². The van der Waals surface area contributed by atoms with E-state index in [0.29, 0.717) is 0 Å². The summed E-state index contributed by atoms with van der Waals surface area (Å²) in [6.07, 6.45) is 9.41. The van der Waals surface area contributed by atoms with E-state index in [1.54, 1.807) is 12.4 Å². The second-order valence-corrected chi connectivity index (χ2v) is 9.52. The zero-order valence-electron chi connectivity index (χ0n) is 19.9. The molecule has 7 aromatic rings. The lowest BCUT2D eigenvalue weighted by Gasteiger charge is -2.10. The Balaban J connectivity index is 0.000000141. The van der Waals surface area contributed by atoms with Gasteiger partial charge in [0.15, 0.2) is 0 Å². The van der Waals surface area contributed by atoms with Crippen molar-refractivity contribution in [3.05, 3.63) is 145 Å². The number of para-hydroxylation sites is 1. The van der Waals surface area contributed by atoms with Gasteiger partial charge in [-0.05, 0) is 66.2 Å². The molecule has 0 fully saturated rings. The number of hydrogen-bond donors (Lipinski definition) is 0. The lowest BCUT2D eigenvalue weighted by Crippen LogP contribution is -1.96. The minimum absolute atomic E-state index is 1.08. The Morgan fingerprint density at radius 2 is 1.27 bits per heavy atom. The topological polar surface area (TPSA) is 35.6 Å². The minimum atomic E-state index is 1.08. The third-order valence-corrected chi connectivity index (χ3v) is 6.75. The zero-order chi connectivity index (χ0) is 25.0. The molecule has 4 heterocycles. The molecule has 3 aromatic carbocycles. The van der Waals surface area contributed by atoms with E-state index < -0.39 is 0 Å². The Morgan fingerprint density at radius 1 is 0.568 bits per heavy atom. The lowest BCUT2D eigenvalue weighted by atomic mass is 10.1. The summed E-state index contributed by atoms with van der Waals surface area (Å²) in [4.78, 5) is 8.40. The summed E-state index contributed by atoms with van der Waals surface area (Å²) >= 11 is 3.48. The fourth-order valence-electron chi connectivity index (χ4n) is 4.58. The van der Waals surface area contributed by atoms with E-state index in [0.717, 1.165) is 15.8 Å². The third kappa shape index (κ3) is 4.69. The maximum Gasteiger partial charge on any atom is 0.0645 e. The van der Waals surface area contributed by atoms with Gasteiger partial charge in [0, 0.05) is 33.8 Å². The summed E-state index contributed by atoms with van der Waals surface area (Å²) in [5.74, 6) is 0. The molecule has 4 nitrogen and oxygen atoms in total. The van der Waals surface area contributed by atoms with Gasteiger partial charge in [-0.15, -0.1) is 0 Å². The van der Waals surface area contributed by atoms with Crippen molar-refractivity contribution >= 4 is 37.7 Å². The highest BCUT2D eigenvalue weighted by Crippen LogP contribution is 2.31. The molecular weight excluding hydrogens is 520 g/mol. The van der Waals surface area contributed by atoms with Gasteiger partial charge in [-0.1, -0.05) is 64.5 Å². The molecule has 0 bridgehead atoms. The molecule has 0 radical (unpaired) electrons. The average Bonchev–Trinajstić information content (AvgIpc) is 3.56. The van der Waals surface area contributed by atoms with Crippen LogP contribution in [0.2, 0.25) is 0 Å². The smallest absolute Gasteiger partial charge is 0.0645 e. The number of rotatable bonds is 3. The van der Waals surface area contributed by atoms with Crippen molar-refractivity contribution in [3.63, 3.8) is 0 Å². The molecule has 0 aliphatic rings. The molecular formula is C32H23BrN4. The van der Waals surface area contributed by atoms with Gasteiger partial charge in [0.05, 0.1) is 40.5 Å². The van der Waals surface area contributed by atoms with Crippen molar-refractivity contribution in [2.75, 3.05) is 0 Å². The number of fused-ring (bicyclic) bond motifs is 2. The second-order valence-electron chi connectivity index (χ2n) is 8.60. The van der Waals surface area contributed by atoms with E-state index in [1.807, 2.05) is 30.6 Å². The van der Waals surface area contributed by atoms with Crippen LogP contribution in [-0.4, -0.2) is 19.1 Å². The van der Waals surface area contributed by atoms with Crippen molar-refractivity contribution in [3.8, 4) is 22.6 Å². The van der Waals surface area contributed by atoms with Crippen LogP contribution < -0.4 is 0 Å². The fraction of sp³-hybridized carbons (Fsp3) is 0. The Kier molecular flexibility index (Phi) is 6.36. The first-order valence-electron chi connectivity index (χ1n) is 12.0. The van der Waals surface area contributed by atoms with Crippen molar-refractivity contribution in [1.29, 1.82) is 0 Å². The number of nitrogens with zero attached hydrogens (tertiary/aromatic N) is 4. The Bertz CT molecular complexity index is 1770. The van der Waals surface area contributed by atoms with Crippen molar-refractivity contribution in [1.82, 2.24) is 19.1 Å². The first kappa shape index (κ1) is 23.0. The molecule has 0 spiro atoms. The van der Waals surface area contributed by atoms with E-state index in [9.17, 15) is 0 Å². The highest BCUT2D eigenvalue weighted by molar-refractivity contribution is 9.10.